The first-order valence-electron chi connectivity index (χ1n) is 9.11. The number of thiophene rings is 3. The SMILES string of the molecule is CC(CCCCc1ccc(-c2ccc(-c3cccs3)s2)s1)(C(=O)NO)S(C)(=O)=O. The molecule has 3 heterocycles. The minimum absolute atomic E-state index is 0.172. The smallest absolute Gasteiger partial charge is 0.264 e. The summed E-state index contributed by atoms with van der Waals surface area (Å²) in [4.78, 5) is 18.1. The Hall–Kier alpha value is -1.52. The van der Waals surface area contributed by atoms with Crippen molar-refractivity contribution < 1.29 is 18.4 Å². The Morgan fingerprint density at radius 2 is 1.69 bits per heavy atom. The van der Waals surface area contributed by atoms with Crippen LogP contribution in [0.15, 0.2) is 41.8 Å². The van der Waals surface area contributed by atoms with E-state index in [1.54, 1.807) is 34.0 Å². The molecule has 0 saturated heterocycles. The van der Waals surface area contributed by atoms with E-state index in [0.29, 0.717) is 6.42 Å². The van der Waals surface area contributed by atoms with Crippen LogP contribution in [-0.2, 0) is 21.1 Å². The van der Waals surface area contributed by atoms with E-state index >= 15 is 0 Å². The molecule has 2 N–H and O–H groups in total. The van der Waals surface area contributed by atoms with Crippen molar-refractivity contribution in [1.29, 1.82) is 0 Å². The molecule has 3 rings (SSSR count). The summed E-state index contributed by atoms with van der Waals surface area (Å²) in [5.74, 6) is -0.877. The third-order valence-corrected chi connectivity index (χ3v) is 10.5. The number of unbranched alkanes of at least 4 members (excludes halogenated alkanes) is 1. The van der Waals surface area contributed by atoms with Crippen molar-refractivity contribution in [2.45, 2.75) is 37.4 Å². The lowest BCUT2D eigenvalue weighted by molar-refractivity contribution is -0.131. The Labute approximate surface area is 182 Å². The highest BCUT2D eigenvalue weighted by Crippen LogP contribution is 2.39. The zero-order chi connectivity index (χ0) is 21.1. The molecular weight excluding hydrogens is 446 g/mol. The van der Waals surface area contributed by atoms with Gasteiger partial charge < -0.3 is 0 Å². The van der Waals surface area contributed by atoms with Crippen LogP contribution >= 0.6 is 34.0 Å². The van der Waals surface area contributed by atoms with Gasteiger partial charge in [-0.1, -0.05) is 12.5 Å². The van der Waals surface area contributed by atoms with Gasteiger partial charge in [-0.3, -0.25) is 10.0 Å². The lowest BCUT2D eigenvalue weighted by atomic mass is 10.0. The molecule has 0 saturated carbocycles. The number of aryl methyl sites for hydroxylation is 1. The first-order valence-corrected chi connectivity index (χ1v) is 13.5. The fourth-order valence-corrected chi connectivity index (χ4v) is 6.89. The first-order chi connectivity index (χ1) is 13.7. The van der Waals surface area contributed by atoms with Crippen molar-refractivity contribution in [1.82, 2.24) is 5.48 Å². The summed E-state index contributed by atoms with van der Waals surface area (Å²) in [6.07, 6.45) is 3.37. The highest BCUT2D eigenvalue weighted by molar-refractivity contribution is 7.92. The number of hydrogen-bond acceptors (Lipinski definition) is 7. The Kier molecular flexibility index (Phi) is 6.95. The van der Waals surface area contributed by atoms with Crippen LogP contribution in [-0.4, -0.2) is 30.5 Å². The predicted octanol–water partition coefficient (Wildman–Crippen LogP) is 5.23. The Morgan fingerprint density at radius 1 is 1.03 bits per heavy atom. The molecule has 156 valence electrons. The molecule has 3 aromatic heterocycles. The lowest BCUT2D eigenvalue weighted by Gasteiger charge is -2.24. The van der Waals surface area contributed by atoms with Gasteiger partial charge in [-0.15, -0.1) is 34.0 Å². The fourth-order valence-electron chi connectivity index (χ4n) is 3.01. The summed E-state index contributed by atoms with van der Waals surface area (Å²) in [6.45, 7) is 1.36. The molecule has 0 aliphatic rings. The molecule has 0 spiro atoms. The number of hydroxylamine groups is 1. The molecule has 0 aliphatic heterocycles. The molecule has 5 nitrogen and oxygen atoms in total. The number of amides is 1. The average Bonchev–Trinajstić information content (AvgIpc) is 3.43. The molecule has 0 bridgehead atoms. The van der Waals surface area contributed by atoms with Crippen molar-refractivity contribution in [2.24, 2.45) is 0 Å². The lowest BCUT2D eigenvalue weighted by Crippen LogP contribution is -2.49. The second-order valence-corrected chi connectivity index (χ2v) is 12.7. The van der Waals surface area contributed by atoms with Gasteiger partial charge in [0.15, 0.2) is 9.84 Å². The average molecular weight is 470 g/mol. The van der Waals surface area contributed by atoms with Crippen LogP contribution in [0.2, 0.25) is 0 Å². The van der Waals surface area contributed by atoms with Crippen LogP contribution in [0.1, 0.15) is 31.1 Å². The summed E-state index contributed by atoms with van der Waals surface area (Å²) in [5, 5.41) is 11.0. The van der Waals surface area contributed by atoms with Gasteiger partial charge in [0.1, 0.15) is 4.75 Å². The van der Waals surface area contributed by atoms with Crippen molar-refractivity contribution in [2.75, 3.05) is 6.26 Å². The number of hydrogen-bond donors (Lipinski definition) is 2. The van der Waals surface area contributed by atoms with E-state index in [-0.39, 0.29) is 6.42 Å². The standard InChI is InChI=1S/C20H23NO4S4/c1-20(19(22)21-23,29(2,24)25)12-4-3-6-14-8-9-17(27-14)18-11-10-16(28-18)15-7-5-13-26-15/h5,7-11,13,23H,3-4,6,12H2,1-2H3,(H,21,22). The second kappa shape index (κ2) is 9.09. The predicted molar refractivity (Wildman–Crippen MR) is 122 cm³/mol. The van der Waals surface area contributed by atoms with Crippen LogP contribution in [0.5, 0.6) is 0 Å². The highest BCUT2D eigenvalue weighted by Gasteiger charge is 2.42. The number of sulfone groups is 1. The second-order valence-electron chi connectivity index (χ2n) is 7.06. The van der Waals surface area contributed by atoms with Crippen molar-refractivity contribution >= 4 is 49.8 Å². The first kappa shape index (κ1) is 22.2. The van der Waals surface area contributed by atoms with Gasteiger partial charge in [0.25, 0.3) is 5.91 Å². The molecule has 29 heavy (non-hydrogen) atoms. The quantitative estimate of drug-likeness (QED) is 0.255. The Morgan fingerprint density at radius 3 is 2.31 bits per heavy atom. The third-order valence-electron chi connectivity index (χ3n) is 5.00. The molecule has 1 amide bonds. The zero-order valence-electron chi connectivity index (χ0n) is 16.2. The Bertz CT molecular complexity index is 1070. The van der Waals surface area contributed by atoms with Gasteiger partial charge in [-0.25, -0.2) is 13.9 Å². The van der Waals surface area contributed by atoms with Gasteiger partial charge in [-0.05, 0) is 61.9 Å². The van der Waals surface area contributed by atoms with E-state index in [2.05, 4.69) is 41.8 Å². The van der Waals surface area contributed by atoms with E-state index in [4.69, 9.17) is 5.21 Å². The zero-order valence-corrected chi connectivity index (χ0v) is 19.4. The van der Waals surface area contributed by atoms with Crippen LogP contribution in [0.3, 0.4) is 0 Å². The van der Waals surface area contributed by atoms with E-state index in [1.165, 1.54) is 36.8 Å². The molecule has 1 atom stereocenters. The van der Waals surface area contributed by atoms with Crippen LogP contribution in [0.25, 0.3) is 19.5 Å². The van der Waals surface area contributed by atoms with E-state index in [9.17, 15) is 13.2 Å². The Balaban J connectivity index is 1.58. The van der Waals surface area contributed by atoms with Gasteiger partial charge in [0, 0.05) is 30.6 Å². The summed E-state index contributed by atoms with van der Waals surface area (Å²) in [5.41, 5.74) is 1.49. The minimum Gasteiger partial charge on any atom is -0.289 e. The third kappa shape index (κ3) is 4.97. The molecule has 0 aliphatic carbocycles. The number of carbonyl (C=O) groups is 1. The van der Waals surface area contributed by atoms with E-state index in [1.807, 2.05) is 0 Å². The molecule has 0 fully saturated rings. The minimum atomic E-state index is -3.64. The number of carbonyl (C=O) groups excluding carboxylic acids is 1. The molecule has 0 radical (unpaired) electrons. The maximum atomic E-state index is 12.0. The number of rotatable bonds is 9. The molecule has 9 heteroatoms. The monoisotopic (exact) mass is 469 g/mol. The fraction of sp³-hybridized carbons (Fsp3) is 0.350. The van der Waals surface area contributed by atoms with Crippen molar-refractivity contribution in [3.05, 3.63) is 46.7 Å². The van der Waals surface area contributed by atoms with Crippen molar-refractivity contribution in [3.8, 4) is 19.5 Å². The molecular formula is C20H23NO4S4. The summed E-state index contributed by atoms with van der Waals surface area (Å²) >= 11 is 5.27. The van der Waals surface area contributed by atoms with E-state index in [0.717, 1.165) is 19.1 Å². The van der Waals surface area contributed by atoms with Crippen molar-refractivity contribution in [3.63, 3.8) is 0 Å². The maximum Gasteiger partial charge on any atom is 0.264 e. The van der Waals surface area contributed by atoms with Gasteiger partial charge in [0.2, 0.25) is 0 Å². The van der Waals surface area contributed by atoms with Crippen LogP contribution in [0.4, 0.5) is 0 Å². The largest absolute Gasteiger partial charge is 0.289 e. The van der Waals surface area contributed by atoms with E-state index < -0.39 is 20.5 Å². The van der Waals surface area contributed by atoms with Gasteiger partial charge in [-0.2, -0.15) is 0 Å². The normalized spacial score (nSPS) is 13.9. The molecule has 3 aromatic rings. The molecule has 1 unspecified atom stereocenters. The van der Waals surface area contributed by atoms with Gasteiger partial charge >= 0.3 is 0 Å². The topological polar surface area (TPSA) is 83.5 Å². The molecule has 0 aromatic carbocycles. The van der Waals surface area contributed by atoms with Crippen LogP contribution in [0, 0.1) is 0 Å². The van der Waals surface area contributed by atoms with Gasteiger partial charge in [0.05, 0.1) is 0 Å². The summed E-state index contributed by atoms with van der Waals surface area (Å²) in [6, 6.07) is 12.7. The summed E-state index contributed by atoms with van der Waals surface area (Å²) in [7, 11) is -3.64. The summed E-state index contributed by atoms with van der Waals surface area (Å²) < 4.78 is 22.4. The highest BCUT2D eigenvalue weighted by atomic mass is 32.2. The number of nitrogens with one attached hydrogen (secondary N) is 1. The maximum absolute atomic E-state index is 12.0. The van der Waals surface area contributed by atoms with Crippen LogP contribution < -0.4 is 5.48 Å².